The number of rotatable bonds is 1. The molecule has 7 heavy (non-hydrogen) atoms. The molecule has 0 N–H and O–H groups in total. The highest BCUT2D eigenvalue weighted by atomic mass is 127. The van der Waals surface area contributed by atoms with Crippen molar-refractivity contribution in [1.82, 2.24) is 0 Å². The zero-order chi connectivity index (χ0) is 6.08. The van der Waals surface area contributed by atoms with Gasteiger partial charge in [0, 0.05) is 0 Å². The van der Waals surface area contributed by atoms with Gasteiger partial charge in [0.1, 0.15) is 0 Å². The van der Waals surface area contributed by atoms with E-state index in [4.69, 9.17) is 11.6 Å². The maximum atomic E-state index is 5.78. The van der Waals surface area contributed by atoms with Gasteiger partial charge in [-0.3, -0.25) is 0 Å². The fourth-order valence-corrected chi connectivity index (χ4v) is 0. The Morgan fingerprint density at radius 3 is 1.71 bits per heavy atom. The van der Waals surface area contributed by atoms with Gasteiger partial charge in [0.15, 0.2) is 0 Å². The molecular formula is C4H10ClIS. The van der Waals surface area contributed by atoms with Crippen molar-refractivity contribution in [3.63, 3.8) is 0 Å². The predicted octanol–water partition coefficient (Wildman–Crippen LogP) is 2.99. The van der Waals surface area contributed by atoms with E-state index in [1.807, 2.05) is 6.92 Å². The topological polar surface area (TPSA) is 0 Å². The zero-order valence-corrected chi connectivity index (χ0v) is 8.47. The monoisotopic (exact) mass is 252 g/mol. The second kappa shape index (κ2) is 2.78. The molecule has 0 bridgehead atoms. The highest BCUT2D eigenvalue weighted by Gasteiger charge is 2.12. The molecule has 0 aromatic rings. The molecule has 1 atom stereocenters. The molecule has 0 aromatic carbocycles. The largest absolute Gasteiger partial charge is 0.177 e. The lowest BCUT2D eigenvalue weighted by Gasteiger charge is -2.24. The van der Waals surface area contributed by atoms with Crippen molar-refractivity contribution in [2.45, 2.75) is 11.6 Å². The first-order valence-corrected chi connectivity index (χ1v) is 7.49. The Hall–Kier alpha value is 1.37. The van der Waals surface area contributed by atoms with Gasteiger partial charge in [0.25, 0.3) is 0 Å². The van der Waals surface area contributed by atoms with Crippen LogP contribution in [0.3, 0.4) is 0 Å². The highest BCUT2D eigenvalue weighted by molar-refractivity contribution is 14.2. The molecule has 0 rings (SSSR count). The zero-order valence-electron chi connectivity index (χ0n) is 4.74. The Labute approximate surface area is 63.9 Å². The Morgan fingerprint density at radius 1 is 1.57 bits per heavy atom. The first kappa shape index (κ1) is 8.37. The van der Waals surface area contributed by atoms with Crippen LogP contribution in [0, 0.1) is 0 Å². The summed E-state index contributed by atoms with van der Waals surface area (Å²) in [5.74, 6) is 0. The summed E-state index contributed by atoms with van der Waals surface area (Å²) in [7, 11) is -0.505. The number of hydrogen-bond donors (Lipinski definition) is 0. The van der Waals surface area contributed by atoms with Crippen LogP contribution < -0.4 is 0 Å². The van der Waals surface area contributed by atoms with E-state index in [-0.39, 0.29) is 0 Å². The van der Waals surface area contributed by atoms with Crippen LogP contribution >= 0.6 is 40.0 Å². The molecule has 1 unspecified atom stereocenters. The van der Waals surface area contributed by atoms with E-state index < -0.39 is 7.20 Å². The fraction of sp³-hybridized carbons (Fsp3) is 1.00. The number of alkyl halides is 1. The second-order valence-electron chi connectivity index (χ2n) is 1.82. The van der Waals surface area contributed by atoms with Gasteiger partial charge in [-0.2, -0.15) is 7.20 Å². The van der Waals surface area contributed by atoms with Crippen LogP contribution in [0.25, 0.3) is 0 Å². The summed E-state index contributed by atoms with van der Waals surface area (Å²) in [4.78, 5) is 0. The lowest BCUT2D eigenvalue weighted by molar-refractivity contribution is 1.39. The van der Waals surface area contributed by atoms with Crippen LogP contribution in [-0.4, -0.2) is 17.2 Å². The molecule has 0 fully saturated rings. The van der Waals surface area contributed by atoms with Gasteiger partial charge in [0.05, 0.1) is 4.71 Å². The Balaban J connectivity index is 3.54. The molecule has 0 aliphatic carbocycles. The summed E-state index contributed by atoms with van der Waals surface area (Å²) in [6.45, 7) is 2.04. The molecule has 0 nitrogen and oxygen atoms in total. The van der Waals surface area contributed by atoms with E-state index >= 15 is 0 Å². The van der Waals surface area contributed by atoms with Crippen molar-refractivity contribution >= 4 is 40.0 Å². The van der Waals surface area contributed by atoms with E-state index in [0.29, 0.717) is 4.71 Å². The molecule has 0 saturated carbocycles. The van der Waals surface area contributed by atoms with Gasteiger partial charge >= 0.3 is 0 Å². The van der Waals surface area contributed by atoms with E-state index in [9.17, 15) is 0 Å². The lowest BCUT2D eigenvalue weighted by atomic mass is 11.0. The molecule has 0 aliphatic rings. The Morgan fingerprint density at radius 2 is 1.71 bits per heavy atom. The van der Waals surface area contributed by atoms with Crippen LogP contribution in [0.2, 0.25) is 0 Å². The molecular weight excluding hydrogens is 242 g/mol. The molecule has 0 heterocycles. The van der Waals surface area contributed by atoms with Gasteiger partial charge < -0.3 is 0 Å². The predicted molar refractivity (Wildman–Crippen MR) is 48.8 cm³/mol. The SMILES string of the molecule is CC(Cl)S(C)(C)I. The normalized spacial score (nSPS) is 19.0. The van der Waals surface area contributed by atoms with Crippen LogP contribution in [0.5, 0.6) is 0 Å². The first-order chi connectivity index (χ1) is 2.94. The van der Waals surface area contributed by atoms with Crippen molar-refractivity contribution in [2.75, 3.05) is 12.5 Å². The van der Waals surface area contributed by atoms with Crippen LogP contribution in [0.1, 0.15) is 6.92 Å². The third-order valence-electron chi connectivity index (χ3n) is 0.772. The third-order valence-corrected chi connectivity index (χ3v) is 6.84. The quantitative estimate of drug-likeness (QED) is 0.497. The fourth-order valence-electron chi connectivity index (χ4n) is 0. The van der Waals surface area contributed by atoms with Gasteiger partial charge in [-0.1, -0.05) is 0 Å². The van der Waals surface area contributed by atoms with Gasteiger partial charge in [-0.15, -0.1) is 11.6 Å². The summed E-state index contributed by atoms with van der Waals surface area (Å²) in [5, 5.41) is 0. The van der Waals surface area contributed by atoms with Crippen molar-refractivity contribution in [3.8, 4) is 0 Å². The number of hydrogen-bond acceptors (Lipinski definition) is 0. The van der Waals surface area contributed by atoms with Crippen LogP contribution in [0.4, 0.5) is 0 Å². The number of halogens is 2. The summed E-state index contributed by atoms with van der Waals surface area (Å²) in [6, 6.07) is 0. The molecule has 0 radical (unpaired) electrons. The first-order valence-electron chi connectivity index (χ1n) is 2.00. The molecule has 0 saturated heterocycles. The van der Waals surface area contributed by atoms with Gasteiger partial charge in [-0.05, 0) is 40.6 Å². The van der Waals surface area contributed by atoms with Crippen LogP contribution in [-0.2, 0) is 0 Å². The average Bonchev–Trinajstić information content (AvgIpc) is 1.31. The molecule has 46 valence electrons. The third kappa shape index (κ3) is 3.91. The van der Waals surface area contributed by atoms with E-state index in [1.54, 1.807) is 0 Å². The van der Waals surface area contributed by atoms with E-state index in [2.05, 4.69) is 33.7 Å². The van der Waals surface area contributed by atoms with Gasteiger partial charge in [0.2, 0.25) is 0 Å². The van der Waals surface area contributed by atoms with E-state index in [0.717, 1.165) is 0 Å². The molecule has 0 spiro atoms. The van der Waals surface area contributed by atoms with Crippen molar-refractivity contribution in [1.29, 1.82) is 0 Å². The van der Waals surface area contributed by atoms with Crippen LogP contribution in [0.15, 0.2) is 0 Å². The Bertz CT molecular complexity index is 57.2. The van der Waals surface area contributed by atoms with Gasteiger partial charge in [-0.25, -0.2) is 0 Å². The standard InChI is InChI=1S/C4H10ClIS/c1-4(5)7(2,3)6/h4H,1-3H3. The van der Waals surface area contributed by atoms with Crippen molar-refractivity contribution < 1.29 is 0 Å². The minimum atomic E-state index is -0.505. The summed E-state index contributed by atoms with van der Waals surface area (Å²) < 4.78 is 0.341. The minimum Gasteiger partial charge on any atom is -0.177 e. The van der Waals surface area contributed by atoms with E-state index in [1.165, 1.54) is 0 Å². The molecule has 0 aliphatic heterocycles. The molecule has 0 amide bonds. The summed E-state index contributed by atoms with van der Waals surface area (Å²) >= 11 is 8.20. The Kier molecular flexibility index (Phi) is 3.33. The maximum absolute atomic E-state index is 5.78. The lowest BCUT2D eigenvalue weighted by Crippen LogP contribution is -1.96. The maximum Gasteiger partial charge on any atom is 0.0683 e. The molecule has 3 heteroatoms. The summed E-state index contributed by atoms with van der Waals surface area (Å²) in [6.07, 6.45) is 4.40. The second-order valence-corrected chi connectivity index (χ2v) is 12.8. The minimum absolute atomic E-state index is 0.341. The summed E-state index contributed by atoms with van der Waals surface area (Å²) in [5.41, 5.74) is 0. The smallest absolute Gasteiger partial charge is 0.0683 e. The van der Waals surface area contributed by atoms with Crippen molar-refractivity contribution in [3.05, 3.63) is 0 Å². The highest BCUT2D eigenvalue weighted by Crippen LogP contribution is 2.54. The molecule has 0 aromatic heterocycles. The average molecular weight is 253 g/mol. The van der Waals surface area contributed by atoms with Crippen molar-refractivity contribution in [2.24, 2.45) is 0 Å².